The van der Waals surface area contributed by atoms with Crippen LogP contribution in [0.3, 0.4) is 0 Å². The summed E-state index contributed by atoms with van der Waals surface area (Å²) in [7, 11) is 1.84. The number of nitrogens with zero attached hydrogens (tertiary/aromatic N) is 2. The van der Waals surface area contributed by atoms with E-state index < -0.39 is 5.41 Å². The molecule has 6 heteroatoms. The van der Waals surface area contributed by atoms with E-state index in [-0.39, 0.29) is 23.5 Å². The molecule has 28 heavy (non-hydrogen) atoms. The van der Waals surface area contributed by atoms with Crippen molar-refractivity contribution in [1.29, 1.82) is 0 Å². The molecular weight excluding hydrogens is 356 g/mol. The standard InChI is InChI=1S/C22H28N2O4/c1-14(2)9-23(3)21(27)22-12-24(10-15(22)11-28-13-22)20(26)18-6-4-5-17-16(18)7-8-19(17)25/h4-6,14-15H,7-13H2,1-3H3/t15-,22-/m1/s1. The van der Waals surface area contributed by atoms with Crippen molar-refractivity contribution in [3.8, 4) is 0 Å². The SMILES string of the molecule is CC(C)CN(C)C(=O)[C@]12COC[C@H]1CN(C(=O)c1cccc3c1CCC3=O)C2. The summed E-state index contributed by atoms with van der Waals surface area (Å²) in [5.41, 5.74) is 1.51. The van der Waals surface area contributed by atoms with Gasteiger partial charge in [0.1, 0.15) is 0 Å². The van der Waals surface area contributed by atoms with Crippen molar-refractivity contribution in [2.45, 2.75) is 26.7 Å². The van der Waals surface area contributed by atoms with Gasteiger partial charge in [-0.1, -0.05) is 26.0 Å². The second-order valence-corrected chi connectivity index (χ2v) is 8.89. The van der Waals surface area contributed by atoms with Crippen LogP contribution in [0.5, 0.6) is 0 Å². The highest BCUT2D eigenvalue weighted by Gasteiger charge is 2.57. The Bertz CT molecular complexity index is 834. The first kappa shape index (κ1) is 19.1. The summed E-state index contributed by atoms with van der Waals surface area (Å²) >= 11 is 0. The molecule has 3 aliphatic rings. The molecule has 1 aliphatic carbocycles. The number of ether oxygens (including phenoxy) is 1. The largest absolute Gasteiger partial charge is 0.380 e. The van der Waals surface area contributed by atoms with Crippen molar-refractivity contribution in [2.24, 2.45) is 17.3 Å². The topological polar surface area (TPSA) is 66.9 Å². The van der Waals surface area contributed by atoms with Crippen LogP contribution in [-0.4, -0.2) is 67.3 Å². The minimum absolute atomic E-state index is 0.0250. The van der Waals surface area contributed by atoms with Crippen LogP contribution in [0.2, 0.25) is 0 Å². The maximum atomic E-state index is 13.3. The molecule has 2 fully saturated rings. The Balaban J connectivity index is 1.58. The first-order valence-corrected chi connectivity index (χ1v) is 10.1. The number of benzene rings is 1. The minimum atomic E-state index is -0.646. The maximum Gasteiger partial charge on any atom is 0.254 e. The predicted octanol–water partition coefficient (Wildman–Crippen LogP) is 2.02. The van der Waals surface area contributed by atoms with Crippen LogP contribution < -0.4 is 0 Å². The summed E-state index contributed by atoms with van der Waals surface area (Å²) in [5, 5.41) is 0. The third-order valence-electron chi connectivity index (χ3n) is 6.38. The van der Waals surface area contributed by atoms with Gasteiger partial charge in [0.15, 0.2) is 5.78 Å². The van der Waals surface area contributed by atoms with Crippen molar-refractivity contribution >= 4 is 17.6 Å². The summed E-state index contributed by atoms with van der Waals surface area (Å²) in [6, 6.07) is 5.40. The number of hydrogen-bond acceptors (Lipinski definition) is 4. The first-order chi connectivity index (χ1) is 13.3. The fourth-order valence-electron chi connectivity index (χ4n) is 5.06. The summed E-state index contributed by atoms with van der Waals surface area (Å²) < 4.78 is 5.68. The number of amides is 2. The number of rotatable bonds is 4. The van der Waals surface area contributed by atoms with Gasteiger partial charge in [0.2, 0.25) is 5.91 Å². The van der Waals surface area contributed by atoms with Gasteiger partial charge >= 0.3 is 0 Å². The Morgan fingerprint density at radius 3 is 2.86 bits per heavy atom. The average Bonchev–Trinajstić information content (AvgIpc) is 3.32. The van der Waals surface area contributed by atoms with Crippen LogP contribution in [-0.2, 0) is 16.0 Å². The van der Waals surface area contributed by atoms with Crippen LogP contribution in [0.1, 0.15) is 46.5 Å². The molecule has 0 unspecified atom stereocenters. The Kier molecular flexibility index (Phi) is 4.78. The lowest BCUT2D eigenvalue weighted by Crippen LogP contribution is -2.48. The van der Waals surface area contributed by atoms with Gasteiger partial charge in [-0.05, 0) is 24.0 Å². The summed E-state index contributed by atoms with van der Waals surface area (Å²) in [5.74, 6) is 0.525. The molecule has 0 spiro atoms. The van der Waals surface area contributed by atoms with Crippen molar-refractivity contribution in [1.82, 2.24) is 9.80 Å². The number of carbonyl (C=O) groups excluding carboxylic acids is 3. The van der Waals surface area contributed by atoms with E-state index in [0.717, 1.165) is 5.56 Å². The fraction of sp³-hybridized carbons (Fsp3) is 0.591. The number of Topliss-reactive ketones (excluding diaryl/α,β-unsaturated/α-hetero) is 1. The number of ketones is 1. The molecule has 0 bridgehead atoms. The Morgan fingerprint density at radius 2 is 2.11 bits per heavy atom. The zero-order chi connectivity index (χ0) is 20.1. The molecule has 2 amide bonds. The Hall–Kier alpha value is -2.21. The van der Waals surface area contributed by atoms with Gasteiger partial charge in [-0.3, -0.25) is 14.4 Å². The molecule has 0 N–H and O–H groups in total. The molecule has 2 aliphatic heterocycles. The molecule has 150 valence electrons. The highest BCUT2D eigenvalue weighted by atomic mass is 16.5. The normalized spacial score (nSPS) is 25.9. The van der Waals surface area contributed by atoms with Crippen molar-refractivity contribution in [3.63, 3.8) is 0 Å². The van der Waals surface area contributed by atoms with Crippen LogP contribution in [0.25, 0.3) is 0 Å². The quantitative estimate of drug-likeness (QED) is 0.797. The van der Waals surface area contributed by atoms with Crippen LogP contribution in [0.15, 0.2) is 18.2 Å². The van der Waals surface area contributed by atoms with Gasteiger partial charge in [0.25, 0.3) is 5.91 Å². The van der Waals surface area contributed by atoms with Gasteiger partial charge in [-0.25, -0.2) is 0 Å². The van der Waals surface area contributed by atoms with Crippen molar-refractivity contribution in [3.05, 3.63) is 34.9 Å². The second-order valence-electron chi connectivity index (χ2n) is 8.89. The minimum Gasteiger partial charge on any atom is -0.380 e. The van der Waals surface area contributed by atoms with Gasteiger partial charge < -0.3 is 14.5 Å². The molecule has 6 nitrogen and oxygen atoms in total. The molecule has 2 heterocycles. The van der Waals surface area contributed by atoms with E-state index in [1.54, 1.807) is 21.9 Å². The molecule has 1 aromatic carbocycles. The van der Waals surface area contributed by atoms with Crippen LogP contribution in [0, 0.1) is 17.3 Å². The molecule has 1 aromatic rings. The van der Waals surface area contributed by atoms with E-state index >= 15 is 0 Å². The number of fused-ring (bicyclic) bond motifs is 2. The van der Waals surface area contributed by atoms with Gasteiger partial charge in [0.05, 0.1) is 18.6 Å². The monoisotopic (exact) mass is 384 g/mol. The molecule has 2 saturated heterocycles. The van der Waals surface area contributed by atoms with Gasteiger partial charge in [-0.15, -0.1) is 0 Å². The van der Waals surface area contributed by atoms with E-state index in [0.29, 0.717) is 62.7 Å². The maximum absolute atomic E-state index is 13.3. The zero-order valence-corrected chi connectivity index (χ0v) is 16.9. The van der Waals surface area contributed by atoms with Gasteiger partial charge in [-0.2, -0.15) is 0 Å². The van der Waals surface area contributed by atoms with E-state index in [9.17, 15) is 14.4 Å². The first-order valence-electron chi connectivity index (χ1n) is 10.1. The van der Waals surface area contributed by atoms with Gasteiger partial charge in [0, 0.05) is 50.1 Å². The number of likely N-dealkylation sites (tertiary alicyclic amines) is 1. The molecule has 2 atom stereocenters. The highest BCUT2D eigenvalue weighted by molar-refractivity contribution is 6.05. The van der Waals surface area contributed by atoms with E-state index in [1.807, 2.05) is 13.1 Å². The number of carbonyl (C=O) groups is 3. The predicted molar refractivity (Wildman–Crippen MR) is 104 cm³/mol. The van der Waals surface area contributed by atoms with E-state index in [2.05, 4.69) is 13.8 Å². The molecular formula is C22H28N2O4. The zero-order valence-electron chi connectivity index (χ0n) is 16.9. The third-order valence-corrected chi connectivity index (χ3v) is 6.38. The Morgan fingerprint density at radius 1 is 1.32 bits per heavy atom. The van der Waals surface area contributed by atoms with E-state index in [4.69, 9.17) is 4.74 Å². The highest BCUT2D eigenvalue weighted by Crippen LogP contribution is 2.43. The van der Waals surface area contributed by atoms with Crippen LogP contribution >= 0.6 is 0 Å². The molecule has 0 saturated carbocycles. The van der Waals surface area contributed by atoms with Crippen molar-refractivity contribution in [2.75, 3.05) is 39.9 Å². The number of hydrogen-bond donors (Lipinski definition) is 0. The van der Waals surface area contributed by atoms with Crippen molar-refractivity contribution < 1.29 is 19.1 Å². The molecule has 4 rings (SSSR count). The Labute approximate surface area is 165 Å². The lowest BCUT2D eigenvalue weighted by Gasteiger charge is -2.32. The molecule has 0 radical (unpaired) electrons. The lowest BCUT2D eigenvalue weighted by molar-refractivity contribution is -0.141. The average molecular weight is 384 g/mol. The smallest absolute Gasteiger partial charge is 0.254 e. The molecule has 0 aromatic heterocycles. The lowest BCUT2D eigenvalue weighted by atomic mass is 9.79. The summed E-state index contributed by atoms with van der Waals surface area (Å²) in [4.78, 5) is 42.2. The van der Waals surface area contributed by atoms with Crippen LogP contribution in [0.4, 0.5) is 0 Å². The fourth-order valence-corrected chi connectivity index (χ4v) is 5.06. The van der Waals surface area contributed by atoms with E-state index in [1.165, 1.54) is 0 Å². The second kappa shape index (κ2) is 6.99. The third kappa shape index (κ3) is 2.94. The summed E-state index contributed by atoms with van der Waals surface area (Å²) in [6.07, 6.45) is 1.09. The summed E-state index contributed by atoms with van der Waals surface area (Å²) in [6.45, 7) is 6.66.